The molecule has 0 bridgehead atoms. The topological polar surface area (TPSA) is 73.9 Å². The molecular weight excluding hydrogens is 346 g/mol. The maximum absolute atomic E-state index is 12.4. The molecule has 1 aliphatic rings. The van der Waals surface area contributed by atoms with E-state index in [2.05, 4.69) is 10.1 Å². The second-order valence-electron chi connectivity index (χ2n) is 6.38. The average Bonchev–Trinajstić information content (AvgIpc) is 3.04. The van der Waals surface area contributed by atoms with Gasteiger partial charge in [0.15, 0.2) is 0 Å². The van der Waals surface area contributed by atoms with Gasteiger partial charge in [0.2, 0.25) is 0 Å². The van der Waals surface area contributed by atoms with E-state index in [0.29, 0.717) is 24.3 Å². The smallest absolute Gasteiger partial charge is 0.337 e. The summed E-state index contributed by atoms with van der Waals surface area (Å²) in [6, 6.07) is 10.3. The highest BCUT2D eigenvalue weighted by Crippen LogP contribution is 2.35. The van der Waals surface area contributed by atoms with Gasteiger partial charge < -0.3 is 19.5 Å². The summed E-state index contributed by atoms with van der Waals surface area (Å²) < 4.78 is 16.2. The molecule has 2 aromatic carbocycles. The number of ether oxygens (including phenoxy) is 3. The van der Waals surface area contributed by atoms with Crippen LogP contribution in [0.1, 0.15) is 45.7 Å². The van der Waals surface area contributed by atoms with Crippen LogP contribution >= 0.6 is 0 Å². The van der Waals surface area contributed by atoms with Crippen LogP contribution in [0.3, 0.4) is 0 Å². The fourth-order valence-electron chi connectivity index (χ4n) is 3.06. The van der Waals surface area contributed by atoms with Gasteiger partial charge in [-0.05, 0) is 50.2 Å². The van der Waals surface area contributed by atoms with E-state index < -0.39 is 5.97 Å². The van der Waals surface area contributed by atoms with Crippen LogP contribution in [0, 0.1) is 0 Å². The summed E-state index contributed by atoms with van der Waals surface area (Å²) in [7, 11) is 1.32. The van der Waals surface area contributed by atoms with Crippen LogP contribution in [0.2, 0.25) is 0 Å². The van der Waals surface area contributed by atoms with Gasteiger partial charge in [0, 0.05) is 29.7 Å². The summed E-state index contributed by atoms with van der Waals surface area (Å²) in [5.74, 6) is 0.937. The quantitative estimate of drug-likeness (QED) is 0.792. The number of rotatable bonds is 6. The van der Waals surface area contributed by atoms with Crippen molar-refractivity contribution in [3.05, 3.63) is 58.7 Å². The highest BCUT2D eigenvalue weighted by Gasteiger charge is 2.22. The standard InChI is InChI=1S/C21H23NO5/c1-4-26-18-10-16-9-13(2)27-19(16)11-17(18)12-22-20(23)14-5-7-15(8-6-14)21(24)25-3/h5-8,10-11,13H,4,9,12H2,1-3H3,(H,22,23)/t13-/m0/s1. The monoisotopic (exact) mass is 369 g/mol. The molecular formula is C21H23NO5. The van der Waals surface area contributed by atoms with Crippen molar-refractivity contribution in [1.29, 1.82) is 0 Å². The largest absolute Gasteiger partial charge is 0.494 e. The van der Waals surface area contributed by atoms with Crippen molar-refractivity contribution in [2.24, 2.45) is 0 Å². The van der Waals surface area contributed by atoms with E-state index in [0.717, 1.165) is 29.0 Å². The van der Waals surface area contributed by atoms with Crippen molar-refractivity contribution in [1.82, 2.24) is 5.32 Å². The van der Waals surface area contributed by atoms with Crippen LogP contribution in [0.25, 0.3) is 0 Å². The lowest BCUT2D eigenvalue weighted by molar-refractivity contribution is 0.0600. The molecule has 1 N–H and O–H groups in total. The molecule has 0 unspecified atom stereocenters. The molecule has 6 nitrogen and oxygen atoms in total. The van der Waals surface area contributed by atoms with Crippen molar-refractivity contribution < 1.29 is 23.8 Å². The first-order valence-electron chi connectivity index (χ1n) is 8.93. The maximum Gasteiger partial charge on any atom is 0.337 e. The van der Waals surface area contributed by atoms with Crippen molar-refractivity contribution in [2.45, 2.75) is 32.9 Å². The second-order valence-corrected chi connectivity index (χ2v) is 6.38. The molecule has 27 heavy (non-hydrogen) atoms. The Morgan fingerprint density at radius 1 is 1.19 bits per heavy atom. The molecule has 2 aromatic rings. The first kappa shape index (κ1) is 18.8. The van der Waals surface area contributed by atoms with Crippen molar-refractivity contribution >= 4 is 11.9 Å². The number of hydrogen-bond donors (Lipinski definition) is 1. The third kappa shape index (κ3) is 4.22. The van der Waals surface area contributed by atoms with Gasteiger partial charge in [-0.3, -0.25) is 4.79 Å². The first-order chi connectivity index (χ1) is 13.0. The number of methoxy groups -OCH3 is 1. The molecule has 6 heteroatoms. The van der Waals surface area contributed by atoms with E-state index in [1.54, 1.807) is 24.3 Å². The Hall–Kier alpha value is -3.02. The Bertz CT molecular complexity index is 844. The zero-order chi connectivity index (χ0) is 19.4. The molecule has 0 radical (unpaired) electrons. The zero-order valence-electron chi connectivity index (χ0n) is 15.7. The van der Waals surface area contributed by atoms with Gasteiger partial charge in [-0.25, -0.2) is 4.79 Å². The van der Waals surface area contributed by atoms with Crippen LogP contribution in [0.4, 0.5) is 0 Å². The van der Waals surface area contributed by atoms with E-state index in [1.807, 2.05) is 26.0 Å². The molecule has 1 aliphatic heterocycles. The maximum atomic E-state index is 12.4. The third-order valence-corrected chi connectivity index (χ3v) is 4.39. The molecule has 1 atom stereocenters. The number of hydrogen-bond acceptors (Lipinski definition) is 5. The van der Waals surface area contributed by atoms with Crippen molar-refractivity contribution in [3.8, 4) is 11.5 Å². The SMILES string of the molecule is CCOc1cc2c(cc1CNC(=O)c1ccc(C(=O)OC)cc1)O[C@@H](C)C2. The highest BCUT2D eigenvalue weighted by atomic mass is 16.5. The predicted octanol–water partition coefficient (Wildman–Crippen LogP) is 3.13. The lowest BCUT2D eigenvalue weighted by atomic mass is 10.1. The molecule has 1 amide bonds. The molecule has 0 aromatic heterocycles. The van der Waals surface area contributed by atoms with Gasteiger partial charge in [-0.2, -0.15) is 0 Å². The summed E-state index contributed by atoms with van der Waals surface area (Å²) in [6.45, 7) is 4.82. The van der Waals surface area contributed by atoms with E-state index >= 15 is 0 Å². The summed E-state index contributed by atoms with van der Waals surface area (Å²) in [5.41, 5.74) is 2.85. The second kappa shape index (κ2) is 8.12. The Morgan fingerprint density at radius 3 is 2.56 bits per heavy atom. The Labute approximate surface area is 158 Å². The Balaban J connectivity index is 1.71. The number of nitrogens with one attached hydrogen (secondary N) is 1. The van der Waals surface area contributed by atoms with Crippen LogP contribution in [-0.4, -0.2) is 31.7 Å². The van der Waals surface area contributed by atoms with E-state index in [1.165, 1.54) is 7.11 Å². The van der Waals surface area contributed by atoms with Gasteiger partial charge in [0.25, 0.3) is 5.91 Å². The Kier molecular flexibility index (Phi) is 5.64. The number of amides is 1. The van der Waals surface area contributed by atoms with Crippen molar-refractivity contribution in [3.63, 3.8) is 0 Å². The average molecular weight is 369 g/mol. The van der Waals surface area contributed by atoms with Gasteiger partial charge in [0.1, 0.15) is 17.6 Å². The summed E-state index contributed by atoms with van der Waals surface area (Å²) in [4.78, 5) is 23.9. The summed E-state index contributed by atoms with van der Waals surface area (Å²) in [5, 5.41) is 2.89. The van der Waals surface area contributed by atoms with Crippen LogP contribution in [0.5, 0.6) is 11.5 Å². The van der Waals surface area contributed by atoms with Crippen molar-refractivity contribution in [2.75, 3.05) is 13.7 Å². The molecule has 142 valence electrons. The molecule has 3 rings (SSSR count). The van der Waals surface area contributed by atoms with Gasteiger partial charge in [-0.1, -0.05) is 0 Å². The number of carbonyl (C=O) groups is 2. The van der Waals surface area contributed by atoms with Gasteiger partial charge in [-0.15, -0.1) is 0 Å². The zero-order valence-corrected chi connectivity index (χ0v) is 15.7. The van der Waals surface area contributed by atoms with E-state index in [4.69, 9.17) is 9.47 Å². The lowest BCUT2D eigenvalue weighted by Gasteiger charge is -2.13. The fraction of sp³-hybridized carbons (Fsp3) is 0.333. The Morgan fingerprint density at radius 2 is 1.89 bits per heavy atom. The summed E-state index contributed by atoms with van der Waals surface area (Å²) in [6.07, 6.45) is 1.00. The molecule has 0 saturated heterocycles. The highest BCUT2D eigenvalue weighted by molar-refractivity contribution is 5.96. The minimum atomic E-state index is -0.435. The first-order valence-corrected chi connectivity index (χ1v) is 8.93. The van der Waals surface area contributed by atoms with E-state index in [9.17, 15) is 9.59 Å². The van der Waals surface area contributed by atoms with Gasteiger partial charge in [0.05, 0.1) is 19.3 Å². The van der Waals surface area contributed by atoms with Gasteiger partial charge >= 0.3 is 5.97 Å². The molecule has 1 heterocycles. The number of carbonyl (C=O) groups excluding carboxylic acids is 2. The molecule has 0 saturated carbocycles. The lowest BCUT2D eigenvalue weighted by Crippen LogP contribution is -2.23. The molecule has 0 aliphatic carbocycles. The van der Waals surface area contributed by atoms with Crippen LogP contribution < -0.4 is 14.8 Å². The third-order valence-electron chi connectivity index (χ3n) is 4.39. The molecule has 0 spiro atoms. The van der Waals surface area contributed by atoms with Crippen LogP contribution in [0.15, 0.2) is 36.4 Å². The fourth-order valence-corrected chi connectivity index (χ4v) is 3.06. The molecule has 0 fully saturated rings. The minimum Gasteiger partial charge on any atom is -0.494 e. The number of fused-ring (bicyclic) bond motifs is 1. The van der Waals surface area contributed by atoms with E-state index in [-0.39, 0.29) is 12.0 Å². The minimum absolute atomic E-state index is 0.146. The number of esters is 1. The predicted molar refractivity (Wildman–Crippen MR) is 100 cm³/mol. The normalized spacial score (nSPS) is 14.9. The van der Waals surface area contributed by atoms with Crippen LogP contribution in [-0.2, 0) is 17.7 Å². The number of benzene rings is 2. The summed E-state index contributed by atoms with van der Waals surface area (Å²) >= 11 is 0.